The summed E-state index contributed by atoms with van der Waals surface area (Å²) in [5.41, 5.74) is -0.328. The molecule has 0 heterocycles. The third-order valence-electron chi connectivity index (χ3n) is 3.03. The van der Waals surface area contributed by atoms with Crippen LogP contribution in [0.15, 0.2) is 42.5 Å². The van der Waals surface area contributed by atoms with Crippen molar-refractivity contribution >= 4 is 34.8 Å². The molecule has 4 N–H and O–H groups in total. The first kappa shape index (κ1) is 17.4. The van der Waals surface area contributed by atoms with Gasteiger partial charge in [0.15, 0.2) is 0 Å². The quantitative estimate of drug-likeness (QED) is 0.372. The van der Waals surface area contributed by atoms with E-state index in [-0.39, 0.29) is 22.6 Å². The smallest absolute Gasteiger partial charge is 0.339 e. The monoisotopic (exact) mass is 345 g/mol. The van der Waals surface area contributed by atoms with Crippen molar-refractivity contribution in [1.82, 2.24) is 0 Å². The van der Waals surface area contributed by atoms with Crippen LogP contribution in [0.1, 0.15) is 10.4 Å². The van der Waals surface area contributed by atoms with Crippen LogP contribution in [0.25, 0.3) is 0 Å². The minimum absolute atomic E-state index is 0.0198. The first-order valence-corrected chi connectivity index (χ1v) is 6.71. The third-order valence-corrected chi connectivity index (χ3v) is 3.03. The highest BCUT2D eigenvalue weighted by Gasteiger charge is 2.16. The molecular weight excluding hydrogens is 334 g/mol. The van der Waals surface area contributed by atoms with E-state index in [0.717, 1.165) is 24.3 Å². The number of nitrogens with zero attached hydrogens (tertiary/aromatic N) is 1. The van der Waals surface area contributed by atoms with Gasteiger partial charge in [-0.25, -0.2) is 4.79 Å². The second-order valence-corrected chi connectivity index (χ2v) is 4.75. The SMILES string of the molecule is O=C(Nc1ccc([N+](=O)[O-])cc1)C(=O)Nc1ccc(C(=O)O)c(O)c1. The van der Waals surface area contributed by atoms with Crippen LogP contribution in [0.4, 0.5) is 17.1 Å². The number of anilines is 2. The van der Waals surface area contributed by atoms with Crippen molar-refractivity contribution in [2.24, 2.45) is 0 Å². The van der Waals surface area contributed by atoms with E-state index in [1.54, 1.807) is 0 Å². The first-order chi connectivity index (χ1) is 11.8. The van der Waals surface area contributed by atoms with E-state index in [9.17, 15) is 29.6 Å². The molecule has 2 aromatic rings. The first-order valence-electron chi connectivity index (χ1n) is 6.71. The standard InChI is InChI=1S/C15H11N3O7/c19-12-7-9(3-6-11(12)15(22)23)17-14(21)13(20)16-8-1-4-10(5-2-8)18(24)25/h1-7,19H,(H,16,20)(H,17,21)(H,22,23). The number of benzene rings is 2. The van der Waals surface area contributed by atoms with Crippen LogP contribution < -0.4 is 10.6 Å². The number of carboxylic acid groups (broad SMARTS) is 1. The fourth-order valence-electron chi connectivity index (χ4n) is 1.83. The van der Waals surface area contributed by atoms with Gasteiger partial charge in [0, 0.05) is 29.6 Å². The number of amides is 2. The third kappa shape index (κ3) is 4.28. The van der Waals surface area contributed by atoms with Gasteiger partial charge in [0.05, 0.1) is 4.92 Å². The number of nitrogens with one attached hydrogen (secondary N) is 2. The maximum Gasteiger partial charge on any atom is 0.339 e. The number of aromatic carboxylic acids is 1. The van der Waals surface area contributed by atoms with Gasteiger partial charge in [-0.05, 0) is 24.3 Å². The van der Waals surface area contributed by atoms with Crippen LogP contribution in [-0.4, -0.2) is 32.9 Å². The lowest BCUT2D eigenvalue weighted by molar-refractivity contribution is -0.384. The van der Waals surface area contributed by atoms with Crippen molar-refractivity contribution in [3.63, 3.8) is 0 Å². The lowest BCUT2D eigenvalue weighted by atomic mass is 10.2. The molecule has 10 nitrogen and oxygen atoms in total. The van der Waals surface area contributed by atoms with Crippen LogP contribution in [0.3, 0.4) is 0 Å². The van der Waals surface area contributed by atoms with Gasteiger partial charge in [-0.3, -0.25) is 19.7 Å². The van der Waals surface area contributed by atoms with E-state index < -0.39 is 28.5 Å². The lowest BCUT2D eigenvalue weighted by Crippen LogP contribution is -2.29. The number of nitro benzene ring substituents is 1. The largest absolute Gasteiger partial charge is 0.507 e. The summed E-state index contributed by atoms with van der Waals surface area (Å²) in [4.78, 5) is 44.3. The molecule has 0 aromatic heterocycles. The Bertz CT molecular complexity index is 862. The molecule has 0 aliphatic heterocycles. The normalized spacial score (nSPS) is 9.92. The molecule has 0 spiro atoms. The minimum Gasteiger partial charge on any atom is -0.507 e. The van der Waals surface area contributed by atoms with Gasteiger partial charge in [0.25, 0.3) is 5.69 Å². The van der Waals surface area contributed by atoms with E-state index in [2.05, 4.69) is 10.6 Å². The number of hydrogen-bond acceptors (Lipinski definition) is 6. The van der Waals surface area contributed by atoms with Crippen LogP contribution in [0.5, 0.6) is 5.75 Å². The molecule has 2 rings (SSSR count). The van der Waals surface area contributed by atoms with E-state index in [4.69, 9.17) is 5.11 Å². The van der Waals surface area contributed by atoms with Gasteiger partial charge in [-0.2, -0.15) is 0 Å². The molecule has 0 unspecified atom stereocenters. The minimum atomic E-state index is -1.34. The van der Waals surface area contributed by atoms with E-state index in [0.29, 0.717) is 0 Å². The number of phenols is 1. The molecular formula is C15H11N3O7. The summed E-state index contributed by atoms with van der Waals surface area (Å²) in [6, 6.07) is 8.11. The predicted octanol–water partition coefficient (Wildman–Crippen LogP) is 1.58. The molecule has 128 valence electrons. The van der Waals surface area contributed by atoms with Gasteiger partial charge < -0.3 is 20.8 Å². The molecule has 0 aliphatic carbocycles. The van der Waals surface area contributed by atoms with Crippen LogP contribution in [0.2, 0.25) is 0 Å². The molecule has 0 radical (unpaired) electrons. The molecule has 0 saturated carbocycles. The Morgan fingerprint density at radius 2 is 1.44 bits per heavy atom. The highest BCUT2D eigenvalue weighted by molar-refractivity contribution is 6.43. The number of hydrogen-bond donors (Lipinski definition) is 4. The Balaban J connectivity index is 2.03. The average molecular weight is 345 g/mol. The highest BCUT2D eigenvalue weighted by Crippen LogP contribution is 2.22. The van der Waals surface area contributed by atoms with Gasteiger partial charge in [0.1, 0.15) is 11.3 Å². The molecule has 0 bridgehead atoms. The van der Waals surface area contributed by atoms with Crippen molar-refractivity contribution in [3.05, 3.63) is 58.1 Å². The van der Waals surface area contributed by atoms with Crippen LogP contribution >= 0.6 is 0 Å². The summed E-state index contributed by atoms with van der Waals surface area (Å²) in [7, 11) is 0. The van der Waals surface area contributed by atoms with E-state index in [1.165, 1.54) is 18.2 Å². The Kier molecular flexibility index (Phi) is 4.93. The maximum atomic E-state index is 11.8. The van der Waals surface area contributed by atoms with Crippen molar-refractivity contribution in [2.75, 3.05) is 10.6 Å². The fraction of sp³-hybridized carbons (Fsp3) is 0. The zero-order chi connectivity index (χ0) is 18.6. The van der Waals surface area contributed by atoms with Crippen molar-refractivity contribution in [2.45, 2.75) is 0 Å². The highest BCUT2D eigenvalue weighted by atomic mass is 16.6. The van der Waals surface area contributed by atoms with Gasteiger partial charge in [0.2, 0.25) is 0 Å². The number of nitro groups is 1. The average Bonchev–Trinajstić information content (AvgIpc) is 2.55. The Morgan fingerprint density at radius 1 is 0.920 bits per heavy atom. The molecule has 2 aromatic carbocycles. The summed E-state index contributed by atoms with van der Waals surface area (Å²) in [5, 5.41) is 33.3. The van der Waals surface area contributed by atoms with Crippen molar-refractivity contribution < 1.29 is 29.5 Å². The molecule has 0 aliphatic rings. The topological polar surface area (TPSA) is 159 Å². The summed E-state index contributed by atoms with van der Waals surface area (Å²) in [6.07, 6.45) is 0. The number of carbonyl (C=O) groups is 3. The van der Waals surface area contributed by atoms with E-state index >= 15 is 0 Å². The second-order valence-electron chi connectivity index (χ2n) is 4.75. The van der Waals surface area contributed by atoms with Crippen LogP contribution in [-0.2, 0) is 9.59 Å². The zero-order valence-corrected chi connectivity index (χ0v) is 12.4. The second kappa shape index (κ2) is 7.08. The molecule has 0 saturated heterocycles. The Morgan fingerprint density at radius 3 is 1.92 bits per heavy atom. The number of non-ortho nitro benzene ring substituents is 1. The molecule has 0 fully saturated rings. The number of aromatic hydroxyl groups is 1. The van der Waals surface area contributed by atoms with Crippen molar-refractivity contribution in [3.8, 4) is 5.75 Å². The van der Waals surface area contributed by atoms with Crippen molar-refractivity contribution in [1.29, 1.82) is 0 Å². The fourth-order valence-corrected chi connectivity index (χ4v) is 1.83. The summed E-state index contributed by atoms with van der Waals surface area (Å²) < 4.78 is 0. The zero-order valence-electron chi connectivity index (χ0n) is 12.4. The number of carbonyl (C=O) groups excluding carboxylic acids is 2. The van der Waals surface area contributed by atoms with Crippen LogP contribution in [0, 0.1) is 10.1 Å². The predicted molar refractivity (Wildman–Crippen MR) is 85.4 cm³/mol. The van der Waals surface area contributed by atoms with Gasteiger partial charge in [-0.15, -0.1) is 0 Å². The van der Waals surface area contributed by atoms with Gasteiger partial charge >= 0.3 is 17.8 Å². The maximum absolute atomic E-state index is 11.8. The van der Waals surface area contributed by atoms with E-state index in [1.807, 2.05) is 0 Å². The molecule has 0 atom stereocenters. The number of carboxylic acids is 1. The summed E-state index contributed by atoms with van der Waals surface area (Å²) in [5.74, 6) is -4.02. The van der Waals surface area contributed by atoms with Gasteiger partial charge in [-0.1, -0.05) is 0 Å². The molecule has 10 heteroatoms. The summed E-state index contributed by atoms with van der Waals surface area (Å²) in [6.45, 7) is 0. The lowest BCUT2D eigenvalue weighted by Gasteiger charge is -2.08. The molecule has 2 amide bonds. The number of rotatable bonds is 4. The summed E-state index contributed by atoms with van der Waals surface area (Å²) >= 11 is 0. The molecule has 25 heavy (non-hydrogen) atoms. The Hall–Kier alpha value is -3.95. The Labute approximate surface area is 139 Å².